The Kier molecular flexibility index (Phi) is 3.69. The average molecular weight is 304 g/mol. The molecule has 21 heavy (non-hydrogen) atoms. The van der Waals surface area contributed by atoms with Crippen molar-refractivity contribution < 1.29 is 17.3 Å². The third-order valence-electron chi connectivity index (χ3n) is 3.44. The normalized spacial score (nSPS) is 13.8. The zero-order valence-electron chi connectivity index (χ0n) is 11.7. The third kappa shape index (κ3) is 3.09. The van der Waals surface area contributed by atoms with Gasteiger partial charge in [-0.1, -0.05) is 23.8 Å². The van der Waals surface area contributed by atoms with Crippen LogP contribution in [-0.4, -0.2) is 15.0 Å². The first-order valence-electron chi connectivity index (χ1n) is 6.75. The highest BCUT2D eigenvalue weighted by Gasteiger charge is 2.16. The Labute approximate surface area is 124 Å². The van der Waals surface area contributed by atoms with E-state index in [9.17, 15) is 8.42 Å². The van der Waals surface area contributed by atoms with Crippen molar-refractivity contribution in [2.24, 2.45) is 0 Å². The Morgan fingerprint density at radius 3 is 2.67 bits per heavy atom. The number of fused-ring (bicyclic) bond motifs is 1. The van der Waals surface area contributed by atoms with Crippen LogP contribution in [0.2, 0.25) is 0 Å². The largest absolute Gasteiger partial charge is 0.493 e. The molecule has 0 saturated carbocycles. The van der Waals surface area contributed by atoms with Crippen molar-refractivity contribution in [1.82, 2.24) is 0 Å². The highest BCUT2D eigenvalue weighted by Crippen LogP contribution is 2.26. The summed E-state index contributed by atoms with van der Waals surface area (Å²) in [7, 11) is -3.72. The van der Waals surface area contributed by atoms with E-state index in [1.165, 1.54) is 0 Å². The molecule has 0 fully saturated rings. The minimum Gasteiger partial charge on any atom is -0.493 e. The molecular weight excluding hydrogens is 288 g/mol. The maximum absolute atomic E-state index is 12.1. The van der Waals surface area contributed by atoms with Crippen molar-refractivity contribution in [1.29, 1.82) is 0 Å². The van der Waals surface area contributed by atoms with Gasteiger partial charge in [-0.25, -0.2) is 0 Å². The molecule has 1 aliphatic rings. The lowest BCUT2D eigenvalue weighted by Crippen LogP contribution is -2.06. The Morgan fingerprint density at radius 1 is 1.14 bits per heavy atom. The lowest BCUT2D eigenvalue weighted by molar-refractivity contribution is 0.308. The molecule has 0 spiro atoms. The summed E-state index contributed by atoms with van der Waals surface area (Å²) in [4.78, 5) is 0.178. The van der Waals surface area contributed by atoms with Crippen molar-refractivity contribution >= 4 is 10.1 Å². The molecule has 0 amide bonds. The zero-order valence-corrected chi connectivity index (χ0v) is 12.5. The van der Waals surface area contributed by atoms with Crippen molar-refractivity contribution in [2.45, 2.75) is 24.8 Å². The Bertz CT molecular complexity index is 748. The fourth-order valence-electron chi connectivity index (χ4n) is 2.25. The average Bonchev–Trinajstić information content (AvgIpc) is 2.93. The first-order chi connectivity index (χ1) is 10.0. The number of hydrogen-bond donors (Lipinski definition) is 0. The monoisotopic (exact) mass is 304 g/mol. The molecule has 0 unspecified atom stereocenters. The van der Waals surface area contributed by atoms with Crippen molar-refractivity contribution in [2.75, 3.05) is 6.61 Å². The van der Waals surface area contributed by atoms with Gasteiger partial charge in [0.2, 0.25) is 0 Å². The van der Waals surface area contributed by atoms with Crippen LogP contribution in [-0.2, 0) is 27.3 Å². The molecule has 1 aliphatic heterocycles. The Hall–Kier alpha value is -1.85. The summed E-state index contributed by atoms with van der Waals surface area (Å²) in [5, 5.41) is 0. The number of benzene rings is 2. The summed E-state index contributed by atoms with van der Waals surface area (Å²) in [5.41, 5.74) is 2.94. The molecule has 2 aromatic rings. The lowest BCUT2D eigenvalue weighted by atomic mass is 10.1. The molecule has 0 N–H and O–H groups in total. The Balaban J connectivity index is 1.73. The van der Waals surface area contributed by atoms with E-state index in [-0.39, 0.29) is 11.5 Å². The van der Waals surface area contributed by atoms with E-state index in [2.05, 4.69) is 0 Å². The number of aryl methyl sites for hydroxylation is 1. The quantitative estimate of drug-likeness (QED) is 0.815. The van der Waals surface area contributed by atoms with E-state index >= 15 is 0 Å². The second-order valence-electron chi connectivity index (χ2n) is 5.07. The second-order valence-corrected chi connectivity index (χ2v) is 6.69. The van der Waals surface area contributed by atoms with Crippen LogP contribution >= 0.6 is 0 Å². The van der Waals surface area contributed by atoms with Crippen LogP contribution < -0.4 is 4.74 Å². The Morgan fingerprint density at radius 2 is 1.90 bits per heavy atom. The van der Waals surface area contributed by atoms with E-state index in [4.69, 9.17) is 8.92 Å². The minimum atomic E-state index is -3.72. The van der Waals surface area contributed by atoms with Crippen LogP contribution in [0.15, 0.2) is 47.4 Å². The van der Waals surface area contributed by atoms with Crippen LogP contribution in [0.4, 0.5) is 0 Å². The van der Waals surface area contributed by atoms with E-state index in [1.807, 2.05) is 25.1 Å². The minimum absolute atomic E-state index is 0.0312. The maximum Gasteiger partial charge on any atom is 0.297 e. The zero-order chi connectivity index (χ0) is 14.9. The summed E-state index contributed by atoms with van der Waals surface area (Å²) >= 11 is 0. The van der Waals surface area contributed by atoms with Crippen molar-refractivity contribution in [3.63, 3.8) is 0 Å². The van der Waals surface area contributed by atoms with Gasteiger partial charge >= 0.3 is 0 Å². The number of rotatable bonds is 4. The molecule has 1 heterocycles. The van der Waals surface area contributed by atoms with Gasteiger partial charge in [0.05, 0.1) is 18.1 Å². The van der Waals surface area contributed by atoms with Crippen LogP contribution in [0.5, 0.6) is 5.75 Å². The van der Waals surface area contributed by atoms with Gasteiger partial charge in [-0.3, -0.25) is 4.18 Å². The lowest BCUT2D eigenvalue weighted by Gasteiger charge is -2.07. The summed E-state index contributed by atoms with van der Waals surface area (Å²) in [6.07, 6.45) is 0.855. The van der Waals surface area contributed by atoms with Gasteiger partial charge in [0.1, 0.15) is 5.75 Å². The standard InChI is InChI=1S/C16H16O4S/c1-12-2-5-15(6-3-12)21(17,18)20-11-13-4-7-16-14(10-13)8-9-19-16/h2-7,10H,8-9,11H2,1H3. The third-order valence-corrected chi connectivity index (χ3v) is 4.72. The molecule has 0 aromatic heterocycles. The SMILES string of the molecule is Cc1ccc(S(=O)(=O)OCc2ccc3c(c2)CCO3)cc1. The molecule has 0 bridgehead atoms. The van der Waals surface area contributed by atoms with Gasteiger partial charge in [0, 0.05) is 6.42 Å². The van der Waals surface area contributed by atoms with E-state index in [1.54, 1.807) is 24.3 Å². The molecule has 2 aromatic carbocycles. The number of hydrogen-bond acceptors (Lipinski definition) is 4. The van der Waals surface area contributed by atoms with Gasteiger partial charge in [-0.2, -0.15) is 8.42 Å². The van der Waals surface area contributed by atoms with Gasteiger partial charge < -0.3 is 4.74 Å². The highest BCUT2D eigenvalue weighted by atomic mass is 32.2. The topological polar surface area (TPSA) is 52.6 Å². The summed E-state index contributed by atoms with van der Waals surface area (Å²) in [6.45, 7) is 2.62. The van der Waals surface area contributed by atoms with Crippen LogP contribution in [0.1, 0.15) is 16.7 Å². The van der Waals surface area contributed by atoms with Crippen molar-refractivity contribution in [3.8, 4) is 5.75 Å². The van der Waals surface area contributed by atoms with Crippen LogP contribution in [0.25, 0.3) is 0 Å². The maximum atomic E-state index is 12.1. The fourth-order valence-corrected chi connectivity index (χ4v) is 3.15. The highest BCUT2D eigenvalue weighted by molar-refractivity contribution is 7.86. The molecular formula is C16H16O4S. The van der Waals surface area contributed by atoms with E-state index in [0.29, 0.717) is 6.61 Å². The van der Waals surface area contributed by atoms with Gasteiger partial charge in [-0.05, 0) is 42.3 Å². The molecule has 0 radical (unpaired) electrons. The molecule has 0 aliphatic carbocycles. The second kappa shape index (κ2) is 5.50. The smallest absolute Gasteiger partial charge is 0.297 e. The summed E-state index contributed by atoms with van der Waals surface area (Å²) < 4.78 is 34.8. The molecule has 4 nitrogen and oxygen atoms in total. The molecule has 0 atom stereocenters. The molecule has 110 valence electrons. The predicted molar refractivity (Wildman–Crippen MR) is 78.8 cm³/mol. The first-order valence-corrected chi connectivity index (χ1v) is 8.16. The van der Waals surface area contributed by atoms with Gasteiger partial charge in [0.25, 0.3) is 10.1 Å². The summed E-state index contributed by atoms with van der Waals surface area (Å²) in [5.74, 6) is 0.875. The molecule has 3 rings (SSSR count). The fraction of sp³-hybridized carbons (Fsp3) is 0.250. The molecule has 5 heteroatoms. The van der Waals surface area contributed by atoms with E-state index in [0.717, 1.165) is 28.9 Å². The number of ether oxygens (including phenoxy) is 1. The van der Waals surface area contributed by atoms with Crippen LogP contribution in [0.3, 0.4) is 0 Å². The predicted octanol–water partition coefficient (Wildman–Crippen LogP) is 2.84. The van der Waals surface area contributed by atoms with Crippen LogP contribution in [0, 0.1) is 6.92 Å². The van der Waals surface area contributed by atoms with E-state index < -0.39 is 10.1 Å². The first kappa shape index (κ1) is 14.1. The molecule has 0 saturated heterocycles. The summed E-state index contributed by atoms with van der Waals surface area (Å²) in [6, 6.07) is 12.2. The van der Waals surface area contributed by atoms with Crippen molar-refractivity contribution in [3.05, 3.63) is 59.2 Å². The van der Waals surface area contributed by atoms with Gasteiger partial charge in [0.15, 0.2) is 0 Å². The van der Waals surface area contributed by atoms with Gasteiger partial charge in [-0.15, -0.1) is 0 Å².